The highest BCUT2D eigenvalue weighted by molar-refractivity contribution is 9.10. The van der Waals surface area contributed by atoms with Crippen LogP contribution in [0.2, 0.25) is 5.02 Å². The van der Waals surface area contributed by atoms with Crippen molar-refractivity contribution in [2.75, 3.05) is 12.4 Å². The van der Waals surface area contributed by atoms with Crippen molar-refractivity contribution in [3.8, 4) is 0 Å². The Morgan fingerprint density at radius 3 is 2.73 bits per heavy atom. The highest BCUT2D eigenvalue weighted by Gasteiger charge is 2.07. The predicted molar refractivity (Wildman–Crippen MR) is 68.7 cm³/mol. The Morgan fingerprint density at radius 2 is 2.07 bits per heavy atom. The first-order chi connectivity index (χ1) is 7.11. The Bertz CT molecular complexity index is 525. The van der Waals surface area contributed by atoms with Crippen molar-refractivity contribution in [2.24, 2.45) is 0 Å². The number of hydrogen-bond acceptors (Lipinski definition) is 2. The number of nitrogens with zero attached hydrogens (tertiary/aromatic N) is 1. The molecule has 0 aliphatic carbocycles. The summed E-state index contributed by atoms with van der Waals surface area (Å²) in [5.41, 5.74) is 2.83. The smallest absolute Gasteiger partial charge is 0.0912 e. The number of halogens is 2. The fourth-order valence-corrected chi connectivity index (χ4v) is 2.44. The van der Waals surface area contributed by atoms with E-state index < -0.39 is 0 Å². The van der Waals surface area contributed by atoms with Gasteiger partial charge in [0.25, 0.3) is 0 Å². The number of hydrogen-bond donors (Lipinski definition) is 1. The Morgan fingerprint density at radius 1 is 1.33 bits per heavy atom. The van der Waals surface area contributed by atoms with Gasteiger partial charge in [0.05, 0.1) is 10.5 Å². The molecule has 78 valence electrons. The zero-order valence-electron chi connectivity index (χ0n) is 8.44. The minimum absolute atomic E-state index is 0.666. The van der Waals surface area contributed by atoms with Crippen LogP contribution in [0.5, 0.6) is 0 Å². The second-order valence-electron chi connectivity index (χ2n) is 3.34. The first kappa shape index (κ1) is 10.7. The molecular weight excluding hydrogens is 275 g/mol. The predicted octanol–water partition coefficient (Wildman–Crippen LogP) is 4.00. The van der Waals surface area contributed by atoms with E-state index in [0.29, 0.717) is 5.02 Å². The lowest BCUT2D eigenvalue weighted by atomic mass is 10.1. The lowest BCUT2D eigenvalue weighted by Gasteiger charge is -2.08. The van der Waals surface area contributed by atoms with Crippen LogP contribution < -0.4 is 5.32 Å². The summed E-state index contributed by atoms with van der Waals surface area (Å²) in [4.78, 5) is 4.43. The highest BCUT2D eigenvalue weighted by Crippen LogP contribution is 2.31. The molecule has 0 amide bonds. The average molecular weight is 286 g/mol. The van der Waals surface area contributed by atoms with Crippen LogP contribution in [0.4, 0.5) is 5.69 Å². The normalized spacial score (nSPS) is 10.7. The molecule has 1 heterocycles. The number of benzene rings is 1. The molecule has 1 aromatic heterocycles. The van der Waals surface area contributed by atoms with E-state index in [0.717, 1.165) is 26.8 Å². The molecule has 0 atom stereocenters. The summed E-state index contributed by atoms with van der Waals surface area (Å²) in [5.74, 6) is 0. The van der Waals surface area contributed by atoms with Gasteiger partial charge in [0.15, 0.2) is 0 Å². The Balaban J connectivity index is 2.89. The fourth-order valence-electron chi connectivity index (χ4n) is 1.59. The van der Waals surface area contributed by atoms with Crippen LogP contribution >= 0.6 is 27.5 Å². The van der Waals surface area contributed by atoms with Gasteiger partial charge in [-0.05, 0) is 25.1 Å². The summed E-state index contributed by atoms with van der Waals surface area (Å²) in [5, 5.41) is 4.84. The summed E-state index contributed by atoms with van der Waals surface area (Å²) < 4.78 is 0.960. The molecule has 2 aromatic rings. The number of fused-ring (bicyclic) bond motifs is 1. The van der Waals surface area contributed by atoms with E-state index in [1.165, 1.54) is 0 Å². The Labute approximate surface area is 102 Å². The third-order valence-corrected chi connectivity index (χ3v) is 2.98. The molecule has 2 nitrogen and oxygen atoms in total. The minimum Gasteiger partial charge on any atom is -0.388 e. The zero-order chi connectivity index (χ0) is 11.0. The topological polar surface area (TPSA) is 24.9 Å². The van der Waals surface area contributed by atoms with Gasteiger partial charge in [-0.15, -0.1) is 0 Å². The second kappa shape index (κ2) is 3.99. The molecule has 0 saturated heterocycles. The molecule has 15 heavy (non-hydrogen) atoms. The van der Waals surface area contributed by atoms with Crippen molar-refractivity contribution in [1.82, 2.24) is 4.98 Å². The molecule has 1 N–H and O–H groups in total. The molecule has 4 heteroatoms. The van der Waals surface area contributed by atoms with Gasteiger partial charge in [0, 0.05) is 28.3 Å². The largest absolute Gasteiger partial charge is 0.388 e. The van der Waals surface area contributed by atoms with E-state index in [4.69, 9.17) is 11.6 Å². The lowest BCUT2D eigenvalue weighted by molar-refractivity contribution is 1.25. The number of pyridine rings is 1. The summed E-state index contributed by atoms with van der Waals surface area (Å²) >= 11 is 9.57. The first-order valence-electron chi connectivity index (χ1n) is 4.56. The molecule has 0 aliphatic heterocycles. The Hall–Kier alpha value is -0.800. The number of aromatic nitrogens is 1. The van der Waals surface area contributed by atoms with Crippen LogP contribution in [0.1, 0.15) is 5.69 Å². The molecule has 0 fully saturated rings. The highest BCUT2D eigenvalue weighted by atomic mass is 79.9. The van der Waals surface area contributed by atoms with E-state index >= 15 is 0 Å². The maximum Gasteiger partial charge on any atom is 0.0912 e. The van der Waals surface area contributed by atoms with E-state index in [1.54, 1.807) is 0 Å². The van der Waals surface area contributed by atoms with Crippen molar-refractivity contribution in [3.05, 3.63) is 33.4 Å². The zero-order valence-corrected chi connectivity index (χ0v) is 10.8. The molecule has 2 rings (SSSR count). The quantitative estimate of drug-likeness (QED) is 0.856. The monoisotopic (exact) mass is 284 g/mol. The van der Waals surface area contributed by atoms with Crippen LogP contribution in [0.25, 0.3) is 10.9 Å². The van der Waals surface area contributed by atoms with Crippen molar-refractivity contribution in [1.29, 1.82) is 0 Å². The van der Waals surface area contributed by atoms with Crippen molar-refractivity contribution in [2.45, 2.75) is 6.92 Å². The molecular formula is C11H10BrClN2. The summed E-state index contributed by atoms with van der Waals surface area (Å²) in [7, 11) is 1.89. The third kappa shape index (κ3) is 1.94. The molecule has 0 bridgehead atoms. The van der Waals surface area contributed by atoms with Gasteiger partial charge >= 0.3 is 0 Å². The van der Waals surface area contributed by atoms with Gasteiger partial charge in [-0.25, -0.2) is 0 Å². The number of aryl methyl sites for hydroxylation is 1. The van der Waals surface area contributed by atoms with Crippen LogP contribution in [0, 0.1) is 6.92 Å². The third-order valence-electron chi connectivity index (χ3n) is 2.23. The van der Waals surface area contributed by atoms with Gasteiger partial charge in [-0.1, -0.05) is 27.5 Å². The van der Waals surface area contributed by atoms with Crippen LogP contribution in [0.3, 0.4) is 0 Å². The summed E-state index contributed by atoms with van der Waals surface area (Å²) in [6.45, 7) is 1.96. The fraction of sp³-hybridized carbons (Fsp3) is 0.182. The lowest BCUT2D eigenvalue weighted by Crippen LogP contribution is -1.94. The van der Waals surface area contributed by atoms with Gasteiger partial charge in [0.1, 0.15) is 0 Å². The van der Waals surface area contributed by atoms with Crippen LogP contribution in [-0.2, 0) is 0 Å². The van der Waals surface area contributed by atoms with Gasteiger partial charge in [0.2, 0.25) is 0 Å². The van der Waals surface area contributed by atoms with Gasteiger partial charge in [-0.3, -0.25) is 4.98 Å². The summed E-state index contributed by atoms with van der Waals surface area (Å²) in [6.07, 6.45) is 0. The maximum absolute atomic E-state index is 6.14. The van der Waals surface area contributed by atoms with Crippen molar-refractivity contribution >= 4 is 44.1 Å². The van der Waals surface area contributed by atoms with Crippen LogP contribution in [-0.4, -0.2) is 12.0 Å². The van der Waals surface area contributed by atoms with E-state index in [9.17, 15) is 0 Å². The van der Waals surface area contributed by atoms with Gasteiger partial charge < -0.3 is 5.32 Å². The molecule has 0 spiro atoms. The number of nitrogens with one attached hydrogen (secondary N) is 1. The molecule has 0 saturated carbocycles. The van der Waals surface area contributed by atoms with E-state index in [1.807, 2.05) is 32.2 Å². The average Bonchev–Trinajstić information content (AvgIpc) is 2.18. The second-order valence-corrected chi connectivity index (χ2v) is 4.67. The Kier molecular flexibility index (Phi) is 2.85. The van der Waals surface area contributed by atoms with Crippen LogP contribution in [0.15, 0.2) is 22.7 Å². The summed E-state index contributed by atoms with van der Waals surface area (Å²) in [6, 6.07) is 5.88. The van der Waals surface area contributed by atoms with Crippen molar-refractivity contribution in [3.63, 3.8) is 0 Å². The standard InChI is InChI=1S/C11H10BrClN2/c1-6-3-10(14-2)8-4-7(12)5-9(13)11(8)15-6/h3-5H,1-2H3,(H,14,15). The maximum atomic E-state index is 6.14. The molecule has 0 radical (unpaired) electrons. The molecule has 0 unspecified atom stereocenters. The number of anilines is 1. The molecule has 0 aliphatic rings. The first-order valence-corrected chi connectivity index (χ1v) is 5.73. The van der Waals surface area contributed by atoms with Crippen molar-refractivity contribution < 1.29 is 0 Å². The number of rotatable bonds is 1. The SMILES string of the molecule is CNc1cc(C)nc2c(Cl)cc(Br)cc12. The van der Waals surface area contributed by atoms with E-state index in [2.05, 4.69) is 26.2 Å². The van der Waals surface area contributed by atoms with Gasteiger partial charge in [-0.2, -0.15) is 0 Å². The van der Waals surface area contributed by atoms with E-state index in [-0.39, 0.29) is 0 Å². The minimum atomic E-state index is 0.666. The molecule has 1 aromatic carbocycles.